The molecule has 5 nitrogen and oxygen atoms in total. The minimum atomic E-state index is -0.0913. The van der Waals surface area contributed by atoms with Crippen molar-refractivity contribution in [1.29, 1.82) is 0 Å². The number of rotatable bonds is 7. The molecule has 1 aliphatic carbocycles. The molecule has 1 saturated carbocycles. The standard InChI is InChI=1S/C20H31N3O2/c24-16-20(9-4-10-20)15-22-19(25)21-13-17-7-11-23(12-8-17)14-18-5-2-1-3-6-18/h1-3,5-6,17,24H,4,7-16H2,(H2,21,22,25). The maximum atomic E-state index is 12.0. The van der Waals surface area contributed by atoms with Crippen LogP contribution in [-0.2, 0) is 6.54 Å². The van der Waals surface area contributed by atoms with E-state index in [1.807, 2.05) is 0 Å². The molecule has 0 unspecified atom stereocenters. The Morgan fingerprint density at radius 2 is 1.88 bits per heavy atom. The molecule has 2 aliphatic rings. The van der Waals surface area contributed by atoms with E-state index in [2.05, 4.69) is 45.9 Å². The van der Waals surface area contributed by atoms with E-state index < -0.39 is 0 Å². The van der Waals surface area contributed by atoms with Crippen LogP contribution in [0.4, 0.5) is 4.79 Å². The number of amides is 2. The molecule has 0 aromatic heterocycles. The maximum absolute atomic E-state index is 12.0. The van der Waals surface area contributed by atoms with Crippen molar-refractivity contribution in [2.75, 3.05) is 32.8 Å². The molecule has 1 saturated heterocycles. The van der Waals surface area contributed by atoms with Crippen LogP contribution in [0.25, 0.3) is 0 Å². The molecule has 3 N–H and O–H groups in total. The Hall–Kier alpha value is -1.59. The van der Waals surface area contributed by atoms with Gasteiger partial charge in [0.15, 0.2) is 0 Å². The lowest BCUT2D eigenvalue weighted by Gasteiger charge is -2.40. The Morgan fingerprint density at radius 1 is 1.16 bits per heavy atom. The third kappa shape index (κ3) is 5.19. The smallest absolute Gasteiger partial charge is 0.314 e. The molecule has 138 valence electrons. The lowest BCUT2D eigenvalue weighted by molar-refractivity contribution is 0.0471. The van der Waals surface area contributed by atoms with Crippen molar-refractivity contribution in [3.05, 3.63) is 35.9 Å². The summed E-state index contributed by atoms with van der Waals surface area (Å²) in [6.45, 7) is 4.72. The van der Waals surface area contributed by atoms with Crippen molar-refractivity contribution in [2.24, 2.45) is 11.3 Å². The summed E-state index contributed by atoms with van der Waals surface area (Å²) in [5.74, 6) is 0.563. The van der Waals surface area contributed by atoms with Crippen molar-refractivity contribution in [1.82, 2.24) is 15.5 Å². The number of aliphatic hydroxyl groups is 1. The lowest BCUT2D eigenvalue weighted by Crippen LogP contribution is -2.48. The number of nitrogens with zero attached hydrogens (tertiary/aromatic N) is 1. The summed E-state index contributed by atoms with van der Waals surface area (Å²) < 4.78 is 0. The Morgan fingerprint density at radius 3 is 2.48 bits per heavy atom. The van der Waals surface area contributed by atoms with Gasteiger partial charge in [0.05, 0.1) is 6.61 Å². The quantitative estimate of drug-likeness (QED) is 0.711. The number of carbonyl (C=O) groups is 1. The van der Waals surface area contributed by atoms with Crippen molar-refractivity contribution in [3.8, 4) is 0 Å². The normalized spacial score (nSPS) is 20.7. The summed E-state index contributed by atoms with van der Waals surface area (Å²) >= 11 is 0. The number of likely N-dealkylation sites (tertiary alicyclic amines) is 1. The first kappa shape index (κ1) is 18.2. The molecule has 1 heterocycles. The first-order valence-corrected chi connectivity index (χ1v) is 9.58. The van der Waals surface area contributed by atoms with Crippen LogP contribution in [0.1, 0.15) is 37.7 Å². The molecule has 25 heavy (non-hydrogen) atoms. The zero-order valence-corrected chi connectivity index (χ0v) is 15.0. The molecule has 2 amide bonds. The summed E-state index contributed by atoms with van der Waals surface area (Å²) in [7, 11) is 0. The molecule has 3 rings (SSSR count). The number of piperidine rings is 1. The second-order valence-corrected chi connectivity index (χ2v) is 7.78. The van der Waals surface area contributed by atoms with Crippen LogP contribution in [0, 0.1) is 11.3 Å². The van der Waals surface area contributed by atoms with Crippen molar-refractivity contribution in [3.63, 3.8) is 0 Å². The second-order valence-electron chi connectivity index (χ2n) is 7.78. The second kappa shape index (κ2) is 8.68. The summed E-state index contributed by atoms with van der Waals surface area (Å²) in [5.41, 5.74) is 1.31. The van der Waals surface area contributed by atoms with Gasteiger partial charge >= 0.3 is 6.03 Å². The highest BCUT2D eigenvalue weighted by atomic mass is 16.3. The molecule has 1 aliphatic heterocycles. The third-order valence-electron chi connectivity index (χ3n) is 5.88. The molecule has 0 atom stereocenters. The van der Waals surface area contributed by atoms with Crippen LogP contribution < -0.4 is 10.6 Å². The lowest BCUT2D eigenvalue weighted by atomic mass is 9.69. The van der Waals surface area contributed by atoms with Gasteiger partial charge in [0.25, 0.3) is 0 Å². The van der Waals surface area contributed by atoms with Crippen LogP contribution in [0.2, 0.25) is 0 Å². The van der Waals surface area contributed by atoms with Gasteiger partial charge in [0, 0.05) is 25.0 Å². The highest BCUT2D eigenvalue weighted by molar-refractivity contribution is 5.73. The average molecular weight is 345 g/mol. The minimum absolute atomic E-state index is 0.0554. The fourth-order valence-corrected chi connectivity index (χ4v) is 3.83. The SMILES string of the molecule is O=C(NCC1CCN(Cc2ccccc2)CC1)NCC1(CO)CCC1. The van der Waals surface area contributed by atoms with Crippen molar-refractivity contribution < 1.29 is 9.90 Å². The molecule has 0 spiro atoms. The van der Waals surface area contributed by atoms with Gasteiger partial charge in [-0.05, 0) is 50.3 Å². The minimum Gasteiger partial charge on any atom is -0.396 e. The van der Waals surface area contributed by atoms with E-state index in [9.17, 15) is 9.90 Å². The van der Waals surface area contributed by atoms with E-state index in [4.69, 9.17) is 0 Å². The van der Waals surface area contributed by atoms with Crippen LogP contribution in [0.15, 0.2) is 30.3 Å². The zero-order chi connectivity index (χ0) is 17.5. The Kier molecular flexibility index (Phi) is 6.32. The van der Waals surface area contributed by atoms with E-state index in [-0.39, 0.29) is 18.1 Å². The first-order valence-electron chi connectivity index (χ1n) is 9.58. The predicted molar refractivity (Wildman–Crippen MR) is 99.2 cm³/mol. The highest BCUT2D eigenvalue weighted by Gasteiger charge is 2.36. The summed E-state index contributed by atoms with van der Waals surface area (Å²) in [6.07, 6.45) is 5.46. The van der Waals surface area contributed by atoms with Crippen LogP contribution >= 0.6 is 0 Å². The molecular weight excluding hydrogens is 314 g/mol. The zero-order valence-electron chi connectivity index (χ0n) is 15.0. The fraction of sp³-hybridized carbons (Fsp3) is 0.650. The molecule has 1 aromatic carbocycles. The fourth-order valence-electron chi connectivity index (χ4n) is 3.83. The average Bonchev–Trinajstić information content (AvgIpc) is 2.61. The van der Waals surface area contributed by atoms with Crippen molar-refractivity contribution in [2.45, 2.75) is 38.6 Å². The van der Waals surface area contributed by atoms with Crippen LogP contribution in [0.3, 0.4) is 0 Å². The van der Waals surface area contributed by atoms with Crippen LogP contribution in [-0.4, -0.2) is 48.8 Å². The Balaban J connectivity index is 1.30. The number of aliphatic hydroxyl groups excluding tert-OH is 1. The summed E-state index contributed by atoms with van der Waals surface area (Å²) in [5, 5.41) is 15.4. The Bertz CT molecular complexity index is 532. The van der Waals surface area contributed by atoms with Gasteiger partial charge < -0.3 is 15.7 Å². The van der Waals surface area contributed by atoms with Gasteiger partial charge in [0.2, 0.25) is 0 Å². The van der Waals surface area contributed by atoms with E-state index in [1.54, 1.807) is 0 Å². The maximum Gasteiger partial charge on any atom is 0.314 e. The largest absolute Gasteiger partial charge is 0.396 e. The van der Waals surface area contributed by atoms with E-state index in [1.165, 1.54) is 5.56 Å². The van der Waals surface area contributed by atoms with Crippen LogP contribution in [0.5, 0.6) is 0 Å². The van der Waals surface area contributed by atoms with Gasteiger partial charge in [-0.15, -0.1) is 0 Å². The predicted octanol–water partition coefficient (Wildman–Crippen LogP) is 2.36. The highest BCUT2D eigenvalue weighted by Crippen LogP contribution is 2.39. The molecule has 0 bridgehead atoms. The number of urea groups is 1. The molecular formula is C20H31N3O2. The number of nitrogens with one attached hydrogen (secondary N) is 2. The number of carbonyl (C=O) groups excluding carboxylic acids is 1. The molecule has 5 heteroatoms. The third-order valence-corrected chi connectivity index (χ3v) is 5.88. The van der Waals surface area contributed by atoms with E-state index in [0.29, 0.717) is 12.5 Å². The van der Waals surface area contributed by atoms with Gasteiger partial charge in [-0.25, -0.2) is 4.79 Å². The van der Waals surface area contributed by atoms with Gasteiger partial charge in [0.1, 0.15) is 0 Å². The number of hydrogen-bond acceptors (Lipinski definition) is 3. The summed E-state index contributed by atoms with van der Waals surface area (Å²) in [4.78, 5) is 14.5. The summed E-state index contributed by atoms with van der Waals surface area (Å²) in [6, 6.07) is 10.5. The monoisotopic (exact) mass is 345 g/mol. The molecule has 0 radical (unpaired) electrons. The van der Waals surface area contributed by atoms with E-state index in [0.717, 1.165) is 58.3 Å². The van der Waals surface area contributed by atoms with Gasteiger partial charge in [-0.1, -0.05) is 36.8 Å². The number of benzene rings is 1. The van der Waals surface area contributed by atoms with E-state index >= 15 is 0 Å². The number of hydrogen-bond donors (Lipinski definition) is 3. The van der Waals surface area contributed by atoms with Crippen molar-refractivity contribution >= 4 is 6.03 Å². The Labute approximate surface area is 150 Å². The first-order chi connectivity index (χ1) is 12.2. The van der Waals surface area contributed by atoms with Gasteiger partial charge in [-0.2, -0.15) is 0 Å². The van der Waals surface area contributed by atoms with Gasteiger partial charge in [-0.3, -0.25) is 4.90 Å². The topological polar surface area (TPSA) is 64.6 Å². The molecule has 2 fully saturated rings. The molecule has 1 aromatic rings.